The topological polar surface area (TPSA) is 43.9 Å². The third kappa shape index (κ3) is 3.88. The highest BCUT2D eigenvalue weighted by atomic mass is 16.2. The molecule has 0 atom stereocenters. The van der Waals surface area contributed by atoms with Gasteiger partial charge in [0.2, 0.25) is 11.8 Å². The van der Waals surface area contributed by atoms with Gasteiger partial charge in [0.15, 0.2) is 0 Å². The fraction of sp³-hybridized carbons (Fsp3) is 0.765. The van der Waals surface area contributed by atoms with Gasteiger partial charge in [-0.3, -0.25) is 9.59 Å². The first-order chi connectivity index (χ1) is 10.4. The molecule has 1 saturated heterocycles. The largest absolute Gasteiger partial charge is 0.335 e. The van der Waals surface area contributed by atoms with Gasteiger partial charge in [-0.25, -0.2) is 0 Å². The Morgan fingerprint density at radius 1 is 1.14 bits per heavy atom. The summed E-state index contributed by atoms with van der Waals surface area (Å²) in [4.78, 5) is 30.4. The van der Waals surface area contributed by atoms with Gasteiger partial charge in [0, 0.05) is 39.2 Å². The standard InChI is InChI=1S/C17H29N3O2/c1-15(21)20-13-12-19(16(22)8-7-11-18(2)3)14-17(20)9-5-4-6-10-17/h7-8H,4-6,9-14H2,1-3H3/b8-7+. The second kappa shape index (κ2) is 7.27. The van der Waals surface area contributed by atoms with Crippen LogP contribution in [-0.2, 0) is 9.59 Å². The van der Waals surface area contributed by atoms with Gasteiger partial charge in [-0.05, 0) is 26.9 Å². The van der Waals surface area contributed by atoms with Crippen LogP contribution in [0.25, 0.3) is 0 Å². The van der Waals surface area contributed by atoms with E-state index in [9.17, 15) is 9.59 Å². The molecule has 0 N–H and O–H groups in total. The Bertz CT molecular complexity index is 439. The number of hydrogen-bond donors (Lipinski definition) is 0. The molecule has 0 bridgehead atoms. The van der Waals surface area contributed by atoms with Crippen LogP contribution in [0.4, 0.5) is 0 Å². The molecule has 1 aliphatic carbocycles. The molecule has 0 radical (unpaired) electrons. The van der Waals surface area contributed by atoms with Crippen LogP contribution in [0.1, 0.15) is 39.0 Å². The van der Waals surface area contributed by atoms with Crippen molar-refractivity contribution in [1.29, 1.82) is 0 Å². The lowest BCUT2D eigenvalue weighted by atomic mass is 9.78. The lowest BCUT2D eigenvalue weighted by Gasteiger charge is -2.52. The summed E-state index contributed by atoms with van der Waals surface area (Å²) in [5.74, 6) is 0.229. The Kier molecular flexibility index (Phi) is 5.62. The van der Waals surface area contributed by atoms with E-state index in [4.69, 9.17) is 0 Å². The van der Waals surface area contributed by atoms with Gasteiger partial charge in [0.1, 0.15) is 0 Å². The molecule has 5 nitrogen and oxygen atoms in total. The Morgan fingerprint density at radius 2 is 1.82 bits per heavy atom. The molecule has 0 aromatic carbocycles. The van der Waals surface area contributed by atoms with Crippen LogP contribution in [0.5, 0.6) is 0 Å². The average molecular weight is 307 g/mol. The van der Waals surface area contributed by atoms with Gasteiger partial charge < -0.3 is 14.7 Å². The molecular weight excluding hydrogens is 278 g/mol. The smallest absolute Gasteiger partial charge is 0.246 e. The molecule has 2 fully saturated rings. The van der Waals surface area contributed by atoms with E-state index in [1.165, 1.54) is 6.42 Å². The highest BCUT2D eigenvalue weighted by Gasteiger charge is 2.44. The summed E-state index contributed by atoms with van der Waals surface area (Å²) in [5, 5.41) is 0. The number of amides is 2. The molecule has 1 saturated carbocycles. The molecule has 0 aromatic heterocycles. The van der Waals surface area contributed by atoms with E-state index in [1.807, 2.05) is 34.9 Å². The molecule has 0 aromatic rings. The van der Waals surface area contributed by atoms with Crippen molar-refractivity contribution in [2.24, 2.45) is 0 Å². The molecule has 0 unspecified atom stereocenters. The number of likely N-dealkylation sites (N-methyl/N-ethyl adjacent to an activating group) is 1. The molecule has 124 valence electrons. The molecule has 2 amide bonds. The summed E-state index contributed by atoms with van der Waals surface area (Å²) in [6.45, 7) is 4.43. The van der Waals surface area contributed by atoms with Gasteiger partial charge in [-0.2, -0.15) is 0 Å². The number of carbonyl (C=O) groups excluding carboxylic acids is 2. The molecule has 1 spiro atoms. The van der Waals surface area contributed by atoms with E-state index in [0.717, 1.165) is 32.2 Å². The highest BCUT2D eigenvalue weighted by Crippen LogP contribution is 2.36. The predicted molar refractivity (Wildman–Crippen MR) is 87.5 cm³/mol. The molecule has 5 heteroatoms. The number of hydrogen-bond acceptors (Lipinski definition) is 3. The van der Waals surface area contributed by atoms with Gasteiger partial charge in [0.25, 0.3) is 0 Å². The SMILES string of the molecule is CC(=O)N1CCN(C(=O)/C=C/CN(C)C)CC12CCCCC2. The van der Waals surface area contributed by atoms with Crippen LogP contribution >= 0.6 is 0 Å². The van der Waals surface area contributed by atoms with Crippen molar-refractivity contribution < 1.29 is 9.59 Å². The van der Waals surface area contributed by atoms with E-state index in [2.05, 4.69) is 0 Å². The van der Waals surface area contributed by atoms with Crippen LogP contribution in [0.15, 0.2) is 12.2 Å². The van der Waals surface area contributed by atoms with Crippen molar-refractivity contribution in [3.8, 4) is 0 Å². The van der Waals surface area contributed by atoms with Gasteiger partial charge >= 0.3 is 0 Å². The van der Waals surface area contributed by atoms with Crippen molar-refractivity contribution in [3.05, 3.63) is 12.2 Å². The van der Waals surface area contributed by atoms with E-state index in [0.29, 0.717) is 19.6 Å². The lowest BCUT2D eigenvalue weighted by molar-refractivity contribution is -0.148. The van der Waals surface area contributed by atoms with Crippen molar-refractivity contribution >= 4 is 11.8 Å². The Labute approximate surface area is 133 Å². The summed E-state index contributed by atoms with van der Waals surface area (Å²) < 4.78 is 0. The number of nitrogens with zero attached hydrogens (tertiary/aromatic N) is 3. The normalized spacial score (nSPS) is 21.8. The third-order valence-electron chi connectivity index (χ3n) is 4.86. The predicted octanol–water partition coefficient (Wildman–Crippen LogP) is 1.50. The average Bonchev–Trinajstić information content (AvgIpc) is 2.47. The fourth-order valence-electron chi connectivity index (χ4n) is 3.76. The summed E-state index contributed by atoms with van der Waals surface area (Å²) in [6.07, 6.45) is 9.19. The first kappa shape index (κ1) is 17.0. The maximum Gasteiger partial charge on any atom is 0.246 e. The first-order valence-electron chi connectivity index (χ1n) is 8.33. The van der Waals surface area contributed by atoms with Crippen LogP contribution < -0.4 is 0 Å². The maximum absolute atomic E-state index is 12.4. The highest BCUT2D eigenvalue weighted by molar-refractivity contribution is 5.88. The summed E-state index contributed by atoms with van der Waals surface area (Å²) in [6, 6.07) is 0. The van der Waals surface area contributed by atoms with Gasteiger partial charge in [-0.1, -0.05) is 25.3 Å². The zero-order valence-corrected chi connectivity index (χ0v) is 14.2. The minimum Gasteiger partial charge on any atom is -0.335 e. The van der Waals surface area contributed by atoms with Gasteiger partial charge in [-0.15, -0.1) is 0 Å². The lowest BCUT2D eigenvalue weighted by Crippen LogP contribution is -2.64. The van der Waals surface area contributed by atoms with E-state index >= 15 is 0 Å². The quantitative estimate of drug-likeness (QED) is 0.742. The molecule has 2 rings (SSSR count). The summed E-state index contributed by atoms with van der Waals surface area (Å²) in [7, 11) is 3.97. The molecule has 22 heavy (non-hydrogen) atoms. The van der Waals surface area contributed by atoms with Crippen LogP contribution in [-0.4, -0.2) is 72.3 Å². The van der Waals surface area contributed by atoms with Crippen molar-refractivity contribution in [3.63, 3.8) is 0 Å². The van der Waals surface area contributed by atoms with E-state index < -0.39 is 0 Å². The molecule has 1 aliphatic heterocycles. The first-order valence-corrected chi connectivity index (χ1v) is 8.33. The Morgan fingerprint density at radius 3 is 2.41 bits per heavy atom. The minimum atomic E-state index is -0.118. The summed E-state index contributed by atoms with van der Waals surface area (Å²) >= 11 is 0. The Balaban J connectivity index is 2.06. The second-order valence-electron chi connectivity index (χ2n) is 6.88. The van der Waals surface area contributed by atoms with Crippen LogP contribution in [0, 0.1) is 0 Å². The third-order valence-corrected chi connectivity index (χ3v) is 4.86. The number of piperazine rings is 1. The zero-order valence-electron chi connectivity index (χ0n) is 14.2. The van der Waals surface area contributed by atoms with E-state index in [1.54, 1.807) is 13.0 Å². The molecule has 1 heterocycles. The number of rotatable bonds is 3. The van der Waals surface area contributed by atoms with Crippen LogP contribution in [0.2, 0.25) is 0 Å². The zero-order chi connectivity index (χ0) is 16.2. The van der Waals surface area contributed by atoms with Crippen molar-refractivity contribution in [1.82, 2.24) is 14.7 Å². The Hall–Kier alpha value is -1.36. The van der Waals surface area contributed by atoms with Crippen molar-refractivity contribution in [2.45, 2.75) is 44.6 Å². The monoisotopic (exact) mass is 307 g/mol. The van der Waals surface area contributed by atoms with Gasteiger partial charge in [0.05, 0.1) is 5.54 Å². The van der Waals surface area contributed by atoms with E-state index in [-0.39, 0.29) is 17.4 Å². The fourth-order valence-corrected chi connectivity index (χ4v) is 3.76. The maximum atomic E-state index is 12.4. The minimum absolute atomic E-state index is 0.0787. The summed E-state index contributed by atoms with van der Waals surface area (Å²) in [5.41, 5.74) is -0.118. The molecule has 2 aliphatic rings. The molecular formula is C17H29N3O2. The van der Waals surface area contributed by atoms with Crippen molar-refractivity contribution in [2.75, 3.05) is 40.3 Å². The second-order valence-corrected chi connectivity index (χ2v) is 6.88. The number of carbonyl (C=O) groups is 2. The van der Waals surface area contributed by atoms with Crippen LogP contribution in [0.3, 0.4) is 0 Å².